The van der Waals surface area contributed by atoms with Gasteiger partial charge in [-0.3, -0.25) is 9.59 Å². The highest BCUT2D eigenvalue weighted by Crippen LogP contribution is 2.37. The van der Waals surface area contributed by atoms with Gasteiger partial charge in [-0.15, -0.1) is 0 Å². The molecule has 2 rings (SSSR count). The molecule has 10 heteroatoms. The number of carbonyl (C=O) groups is 2. The maximum atomic E-state index is 13.3. The van der Waals surface area contributed by atoms with Gasteiger partial charge in [-0.25, -0.2) is 0 Å². The zero-order chi connectivity index (χ0) is 23.3. The van der Waals surface area contributed by atoms with Crippen molar-refractivity contribution >= 4 is 49.4 Å². The third kappa shape index (κ3) is 7.53. The van der Waals surface area contributed by atoms with Crippen molar-refractivity contribution in [1.29, 1.82) is 0 Å². The van der Waals surface area contributed by atoms with E-state index in [-0.39, 0.29) is 30.2 Å². The molecule has 1 amide bonds. The highest BCUT2D eigenvalue weighted by atomic mass is 79.9. The molecule has 5 nitrogen and oxygen atoms in total. The summed E-state index contributed by atoms with van der Waals surface area (Å²) in [5.74, 6) is -1.34. The lowest BCUT2D eigenvalue weighted by Crippen LogP contribution is -2.18. The first-order valence-corrected chi connectivity index (χ1v) is 10.8. The fourth-order valence-electron chi connectivity index (χ4n) is 2.60. The number of halogens is 5. The average Bonchev–Trinajstić information content (AvgIpc) is 2.64. The lowest BCUT2D eigenvalue weighted by Gasteiger charge is -2.16. The van der Waals surface area contributed by atoms with Gasteiger partial charge in [-0.05, 0) is 79.7 Å². The van der Waals surface area contributed by atoms with E-state index in [9.17, 15) is 22.8 Å². The first-order valence-electron chi connectivity index (χ1n) is 9.21. The minimum absolute atomic E-state index is 0.0335. The van der Waals surface area contributed by atoms with Gasteiger partial charge >= 0.3 is 12.1 Å². The minimum Gasteiger partial charge on any atom is -0.487 e. The molecular formula is C21H20Br2F3NO4. The Bertz CT molecular complexity index is 955. The second-order valence-corrected chi connectivity index (χ2v) is 8.84. The van der Waals surface area contributed by atoms with Crippen LogP contribution < -0.4 is 10.1 Å². The zero-order valence-corrected chi connectivity index (χ0v) is 19.8. The van der Waals surface area contributed by atoms with Gasteiger partial charge in [0.05, 0.1) is 14.5 Å². The standard InChI is InChI=1S/C21H20Br2F3NO4/c1-11(2)20(30)27-15-6-13(5-14(9-15)21(24,25)26)10-31-19-16(22)7-12(8-17(19)23)3-4-18(28)29/h5-9,11H,3-4,10H2,1-2H3,(H,27,30)(H,28,29). The van der Waals surface area contributed by atoms with Crippen molar-refractivity contribution in [2.45, 2.75) is 39.5 Å². The molecule has 2 N–H and O–H groups in total. The van der Waals surface area contributed by atoms with Crippen molar-refractivity contribution in [2.75, 3.05) is 5.32 Å². The third-order valence-electron chi connectivity index (χ3n) is 4.18. The van der Waals surface area contributed by atoms with Crippen LogP contribution in [-0.4, -0.2) is 17.0 Å². The molecule has 2 aromatic rings. The van der Waals surface area contributed by atoms with Crippen LogP contribution in [0.2, 0.25) is 0 Å². The quantitative estimate of drug-likeness (QED) is 0.386. The SMILES string of the molecule is CC(C)C(=O)Nc1cc(COc2c(Br)cc(CCC(=O)O)cc2Br)cc(C(F)(F)F)c1. The number of benzene rings is 2. The van der Waals surface area contributed by atoms with Crippen LogP contribution in [0.4, 0.5) is 18.9 Å². The third-order valence-corrected chi connectivity index (χ3v) is 5.36. The Balaban J connectivity index is 2.25. The summed E-state index contributed by atoms with van der Waals surface area (Å²) in [6, 6.07) is 6.67. The van der Waals surface area contributed by atoms with Crippen LogP contribution in [-0.2, 0) is 28.8 Å². The van der Waals surface area contributed by atoms with Gasteiger partial charge in [0.25, 0.3) is 0 Å². The molecule has 0 unspecified atom stereocenters. The number of hydrogen-bond donors (Lipinski definition) is 2. The first kappa shape index (κ1) is 25.2. The molecule has 31 heavy (non-hydrogen) atoms. The van der Waals surface area contributed by atoms with E-state index in [4.69, 9.17) is 9.84 Å². The number of aliphatic carboxylic acids is 1. The Labute approximate surface area is 194 Å². The number of carbonyl (C=O) groups excluding carboxylic acids is 1. The van der Waals surface area contributed by atoms with E-state index in [1.54, 1.807) is 26.0 Å². The normalized spacial score (nSPS) is 11.5. The molecular weight excluding hydrogens is 547 g/mol. The fourth-order valence-corrected chi connectivity index (χ4v) is 4.11. The van der Waals surface area contributed by atoms with E-state index in [0.29, 0.717) is 21.1 Å². The average molecular weight is 567 g/mol. The Hall–Kier alpha value is -2.07. The molecule has 0 aliphatic heterocycles. The van der Waals surface area contributed by atoms with Crippen molar-refractivity contribution in [3.05, 3.63) is 56.0 Å². The predicted octanol–water partition coefficient (Wildman–Crippen LogP) is 6.42. The summed E-state index contributed by atoms with van der Waals surface area (Å²) >= 11 is 6.70. The van der Waals surface area contributed by atoms with E-state index in [2.05, 4.69) is 37.2 Å². The van der Waals surface area contributed by atoms with Gasteiger partial charge in [-0.1, -0.05) is 13.8 Å². The molecule has 0 saturated carbocycles. The minimum atomic E-state index is -4.58. The van der Waals surface area contributed by atoms with Crippen molar-refractivity contribution in [3.63, 3.8) is 0 Å². The lowest BCUT2D eigenvalue weighted by atomic mass is 10.1. The number of hydrogen-bond acceptors (Lipinski definition) is 3. The number of carboxylic acid groups (broad SMARTS) is 1. The fraction of sp³-hybridized carbons (Fsp3) is 0.333. The summed E-state index contributed by atoms with van der Waals surface area (Å²) in [7, 11) is 0. The van der Waals surface area contributed by atoms with Crippen LogP contribution in [0, 0.1) is 5.92 Å². The van der Waals surface area contributed by atoms with Gasteiger partial charge < -0.3 is 15.2 Å². The van der Waals surface area contributed by atoms with E-state index in [1.807, 2.05) is 0 Å². The lowest BCUT2D eigenvalue weighted by molar-refractivity contribution is -0.138. The topological polar surface area (TPSA) is 75.6 Å². The highest BCUT2D eigenvalue weighted by Gasteiger charge is 2.31. The van der Waals surface area contributed by atoms with Crippen LogP contribution in [0.1, 0.15) is 37.0 Å². The van der Waals surface area contributed by atoms with Gasteiger partial charge in [0.15, 0.2) is 0 Å². The molecule has 0 radical (unpaired) electrons. The molecule has 0 aliphatic rings. The molecule has 0 bridgehead atoms. The monoisotopic (exact) mass is 565 g/mol. The smallest absolute Gasteiger partial charge is 0.416 e. The second kappa shape index (κ2) is 10.5. The summed E-state index contributed by atoms with van der Waals surface area (Å²) in [5.41, 5.74) is 0.123. The number of rotatable bonds is 8. The number of anilines is 1. The molecule has 0 atom stereocenters. The predicted molar refractivity (Wildman–Crippen MR) is 117 cm³/mol. The van der Waals surface area contributed by atoms with Crippen LogP contribution >= 0.6 is 31.9 Å². The van der Waals surface area contributed by atoms with Gasteiger partial charge in [-0.2, -0.15) is 13.2 Å². The van der Waals surface area contributed by atoms with E-state index in [0.717, 1.165) is 17.7 Å². The zero-order valence-electron chi connectivity index (χ0n) is 16.6. The number of ether oxygens (including phenoxy) is 1. The van der Waals surface area contributed by atoms with Crippen LogP contribution in [0.15, 0.2) is 39.3 Å². The number of nitrogens with one attached hydrogen (secondary N) is 1. The number of amides is 1. The number of carboxylic acids is 1. The van der Waals surface area contributed by atoms with Crippen molar-refractivity contribution in [3.8, 4) is 5.75 Å². The molecule has 0 aromatic heterocycles. The Morgan fingerprint density at radius 3 is 2.19 bits per heavy atom. The maximum absolute atomic E-state index is 13.3. The Morgan fingerprint density at radius 1 is 1.06 bits per heavy atom. The van der Waals surface area contributed by atoms with Crippen LogP contribution in [0.5, 0.6) is 5.75 Å². The molecule has 0 fully saturated rings. The molecule has 0 aliphatic carbocycles. The van der Waals surface area contributed by atoms with Crippen LogP contribution in [0.3, 0.4) is 0 Å². The molecule has 0 heterocycles. The number of aryl methyl sites for hydroxylation is 1. The molecule has 0 saturated heterocycles. The van der Waals surface area contributed by atoms with Gasteiger partial charge in [0.2, 0.25) is 5.91 Å². The largest absolute Gasteiger partial charge is 0.487 e. The summed E-state index contributed by atoms with van der Waals surface area (Å²) in [4.78, 5) is 22.7. The maximum Gasteiger partial charge on any atom is 0.416 e. The summed E-state index contributed by atoms with van der Waals surface area (Å²) in [6.07, 6.45) is -4.30. The van der Waals surface area contributed by atoms with Gasteiger partial charge in [0.1, 0.15) is 12.4 Å². The van der Waals surface area contributed by atoms with Crippen LogP contribution in [0.25, 0.3) is 0 Å². The molecule has 2 aromatic carbocycles. The summed E-state index contributed by atoms with van der Waals surface area (Å²) < 4.78 is 46.7. The Kier molecular flexibility index (Phi) is 8.53. The molecule has 0 spiro atoms. The van der Waals surface area contributed by atoms with Gasteiger partial charge in [0, 0.05) is 18.0 Å². The highest BCUT2D eigenvalue weighted by molar-refractivity contribution is 9.11. The summed E-state index contributed by atoms with van der Waals surface area (Å²) in [5, 5.41) is 11.3. The van der Waals surface area contributed by atoms with E-state index in [1.165, 1.54) is 6.07 Å². The second-order valence-electron chi connectivity index (χ2n) is 7.13. The van der Waals surface area contributed by atoms with Crippen molar-refractivity contribution in [1.82, 2.24) is 0 Å². The van der Waals surface area contributed by atoms with E-state index >= 15 is 0 Å². The van der Waals surface area contributed by atoms with E-state index < -0.39 is 23.6 Å². The molecule has 168 valence electrons. The van der Waals surface area contributed by atoms with Crippen molar-refractivity contribution < 1.29 is 32.6 Å². The summed E-state index contributed by atoms with van der Waals surface area (Å²) in [6.45, 7) is 3.10. The van der Waals surface area contributed by atoms with Crippen molar-refractivity contribution in [2.24, 2.45) is 5.92 Å². The first-order chi connectivity index (χ1) is 14.4. The number of alkyl halides is 3. The Morgan fingerprint density at radius 2 is 1.68 bits per heavy atom.